The number of rotatable bonds is 7. The zero-order valence-electron chi connectivity index (χ0n) is 13.9. The van der Waals surface area contributed by atoms with Gasteiger partial charge in [-0.25, -0.2) is 4.79 Å². The molecule has 3 rings (SSSR count). The van der Waals surface area contributed by atoms with Crippen LogP contribution in [0.1, 0.15) is 5.56 Å². The monoisotopic (exact) mass is 336 g/mol. The van der Waals surface area contributed by atoms with E-state index in [2.05, 4.69) is 16.4 Å². The fraction of sp³-hybridized carbons (Fsp3) is 0.200. The van der Waals surface area contributed by atoms with Crippen molar-refractivity contribution in [1.82, 2.24) is 10.3 Å². The van der Waals surface area contributed by atoms with E-state index in [1.54, 1.807) is 12.4 Å². The third-order valence-corrected chi connectivity index (χ3v) is 3.74. The lowest BCUT2D eigenvalue weighted by atomic mass is 10.1. The van der Waals surface area contributed by atoms with Gasteiger partial charge >= 0.3 is 6.09 Å². The van der Waals surface area contributed by atoms with Crippen LogP contribution in [0.5, 0.6) is 5.75 Å². The highest BCUT2D eigenvalue weighted by Crippen LogP contribution is 2.20. The highest BCUT2D eigenvalue weighted by molar-refractivity contribution is 5.83. The summed E-state index contributed by atoms with van der Waals surface area (Å²) in [6, 6.07) is 17.8. The van der Waals surface area contributed by atoms with Crippen LogP contribution in [0.4, 0.5) is 4.79 Å². The van der Waals surface area contributed by atoms with Gasteiger partial charge in [-0.1, -0.05) is 30.3 Å². The van der Waals surface area contributed by atoms with Crippen LogP contribution in [0.15, 0.2) is 67.0 Å². The molecule has 0 unspecified atom stereocenters. The molecule has 1 N–H and O–H groups in total. The quantitative estimate of drug-likeness (QED) is 0.670. The number of nitrogens with zero attached hydrogens (tertiary/aromatic N) is 1. The number of benzene rings is 2. The van der Waals surface area contributed by atoms with Crippen LogP contribution in [-0.4, -0.2) is 30.8 Å². The molecular weight excluding hydrogens is 316 g/mol. The van der Waals surface area contributed by atoms with Crippen molar-refractivity contribution in [1.29, 1.82) is 0 Å². The summed E-state index contributed by atoms with van der Waals surface area (Å²) in [6.45, 7) is 1.04. The van der Waals surface area contributed by atoms with E-state index in [0.717, 1.165) is 23.1 Å². The molecular formula is C20H20N2O3. The average molecular weight is 336 g/mol. The molecule has 1 heterocycles. The summed E-state index contributed by atoms with van der Waals surface area (Å²) < 4.78 is 10.7. The minimum atomic E-state index is -0.434. The Morgan fingerprint density at radius 3 is 2.60 bits per heavy atom. The smallest absolute Gasteiger partial charge is 0.407 e. The van der Waals surface area contributed by atoms with Crippen LogP contribution < -0.4 is 10.1 Å². The van der Waals surface area contributed by atoms with E-state index in [9.17, 15) is 4.79 Å². The van der Waals surface area contributed by atoms with Gasteiger partial charge in [-0.2, -0.15) is 0 Å². The van der Waals surface area contributed by atoms with Gasteiger partial charge < -0.3 is 14.8 Å². The van der Waals surface area contributed by atoms with Gasteiger partial charge in [0.1, 0.15) is 19.0 Å². The molecule has 0 fully saturated rings. The van der Waals surface area contributed by atoms with Crippen molar-refractivity contribution < 1.29 is 14.3 Å². The lowest BCUT2D eigenvalue weighted by molar-refractivity contribution is 0.125. The predicted molar refractivity (Wildman–Crippen MR) is 96.7 cm³/mol. The first kappa shape index (κ1) is 16.8. The van der Waals surface area contributed by atoms with Crippen LogP contribution >= 0.6 is 0 Å². The first-order valence-electron chi connectivity index (χ1n) is 8.22. The zero-order valence-corrected chi connectivity index (χ0v) is 13.9. The van der Waals surface area contributed by atoms with E-state index in [4.69, 9.17) is 9.47 Å². The summed E-state index contributed by atoms with van der Waals surface area (Å²) in [5.41, 5.74) is 1.12. The summed E-state index contributed by atoms with van der Waals surface area (Å²) in [5, 5.41) is 5.00. The third-order valence-electron chi connectivity index (χ3n) is 3.74. The van der Waals surface area contributed by atoms with Gasteiger partial charge in [0.25, 0.3) is 0 Å². The topological polar surface area (TPSA) is 60.5 Å². The third kappa shape index (κ3) is 5.21. The van der Waals surface area contributed by atoms with E-state index >= 15 is 0 Å². The second-order valence-electron chi connectivity index (χ2n) is 5.53. The molecule has 0 aliphatic carbocycles. The van der Waals surface area contributed by atoms with Crippen molar-refractivity contribution in [3.63, 3.8) is 0 Å². The Kier molecular flexibility index (Phi) is 5.82. The number of ether oxygens (including phenoxy) is 2. The maximum atomic E-state index is 11.6. The van der Waals surface area contributed by atoms with Crippen LogP contribution in [0.25, 0.3) is 10.8 Å². The van der Waals surface area contributed by atoms with Gasteiger partial charge in [0.15, 0.2) is 0 Å². The van der Waals surface area contributed by atoms with Crippen LogP contribution in [0.3, 0.4) is 0 Å². The molecule has 128 valence electrons. The normalized spacial score (nSPS) is 10.4. The Balaban J connectivity index is 1.34. The Morgan fingerprint density at radius 1 is 0.960 bits per heavy atom. The lowest BCUT2D eigenvalue weighted by Gasteiger charge is -2.09. The molecule has 0 aliphatic rings. The molecule has 1 aromatic heterocycles. The molecule has 0 spiro atoms. The molecule has 0 aliphatic heterocycles. The number of alkyl carbamates (subject to hydrolysis) is 1. The highest BCUT2D eigenvalue weighted by atomic mass is 16.6. The number of aromatic nitrogens is 1. The molecule has 1 amide bonds. The van der Waals surface area contributed by atoms with Gasteiger partial charge in [0.05, 0.1) is 0 Å². The van der Waals surface area contributed by atoms with Gasteiger partial charge in [0.2, 0.25) is 0 Å². The van der Waals surface area contributed by atoms with Crippen molar-refractivity contribution >= 4 is 16.9 Å². The van der Waals surface area contributed by atoms with Crippen molar-refractivity contribution in [2.75, 3.05) is 19.8 Å². The first-order valence-corrected chi connectivity index (χ1v) is 8.22. The van der Waals surface area contributed by atoms with E-state index < -0.39 is 6.09 Å². The van der Waals surface area contributed by atoms with Crippen molar-refractivity contribution in [2.45, 2.75) is 6.42 Å². The first-order chi connectivity index (χ1) is 12.3. The Bertz CT molecular complexity index is 821. The molecule has 5 heteroatoms. The Hall–Kier alpha value is -3.08. The van der Waals surface area contributed by atoms with Crippen molar-refractivity contribution in [2.24, 2.45) is 0 Å². The highest BCUT2D eigenvalue weighted by Gasteiger charge is 2.02. The number of nitrogens with one attached hydrogen (secondary N) is 1. The molecule has 25 heavy (non-hydrogen) atoms. The molecule has 0 saturated heterocycles. The maximum absolute atomic E-state index is 11.6. The van der Waals surface area contributed by atoms with Crippen LogP contribution in [0, 0.1) is 0 Å². The van der Waals surface area contributed by atoms with Gasteiger partial charge in [-0.15, -0.1) is 0 Å². The number of carbonyl (C=O) groups is 1. The van der Waals surface area contributed by atoms with Crippen molar-refractivity contribution in [3.05, 3.63) is 72.6 Å². The minimum absolute atomic E-state index is 0.202. The van der Waals surface area contributed by atoms with E-state index in [1.807, 2.05) is 48.5 Å². The number of hydrogen-bond donors (Lipinski definition) is 1. The number of hydrogen-bond acceptors (Lipinski definition) is 4. The maximum Gasteiger partial charge on any atom is 0.407 e. The van der Waals surface area contributed by atoms with Gasteiger partial charge in [-0.05, 0) is 47.0 Å². The summed E-state index contributed by atoms with van der Waals surface area (Å²) in [5.74, 6) is 0.764. The molecule has 0 radical (unpaired) electrons. The second-order valence-corrected chi connectivity index (χ2v) is 5.53. The fourth-order valence-corrected chi connectivity index (χ4v) is 2.46. The molecule has 0 bridgehead atoms. The molecule has 0 atom stereocenters. The summed E-state index contributed by atoms with van der Waals surface area (Å²) >= 11 is 0. The SMILES string of the molecule is O=C(NCCc1ccncc1)OCCOc1ccc2ccccc2c1. The van der Waals surface area contributed by atoms with Crippen LogP contribution in [0.2, 0.25) is 0 Å². The van der Waals surface area contributed by atoms with Crippen molar-refractivity contribution in [3.8, 4) is 5.75 Å². The molecule has 3 aromatic rings. The summed E-state index contributed by atoms with van der Waals surface area (Å²) in [6.07, 6.45) is 3.77. The summed E-state index contributed by atoms with van der Waals surface area (Å²) in [7, 11) is 0. The van der Waals surface area contributed by atoms with E-state index in [1.165, 1.54) is 5.39 Å². The summed E-state index contributed by atoms with van der Waals surface area (Å²) in [4.78, 5) is 15.6. The standard InChI is InChI=1S/C20H20N2O3/c23-20(22-12-9-16-7-10-21-11-8-16)25-14-13-24-19-6-5-17-3-1-2-4-18(17)15-19/h1-8,10-11,15H,9,12-14H2,(H,22,23). The fourth-order valence-electron chi connectivity index (χ4n) is 2.46. The predicted octanol–water partition coefficient (Wildman–Crippen LogP) is 3.58. The molecule has 2 aromatic carbocycles. The average Bonchev–Trinajstić information content (AvgIpc) is 2.66. The van der Waals surface area contributed by atoms with Crippen LogP contribution in [-0.2, 0) is 11.2 Å². The lowest BCUT2D eigenvalue weighted by Crippen LogP contribution is -2.27. The Morgan fingerprint density at radius 2 is 1.76 bits per heavy atom. The molecule has 5 nitrogen and oxygen atoms in total. The van der Waals surface area contributed by atoms with E-state index in [-0.39, 0.29) is 6.61 Å². The van der Waals surface area contributed by atoms with E-state index in [0.29, 0.717) is 13.2 Å². The largest absolute Gasteiger partial charge is 0.490 e. The number of fused-ring (bicyclic) bond motifs is 1. The number of pyridine rings is 1. The minimum Gasteiger partial charge on any atom is -0.490 e. The molecule has 0 saturated carbocycles. The number of amides is 1. The van der Waals surface area contributed by atoms with Gasteiger partial charge in [-0.3, -0.25) is 4.98 Å². The zero-order chi connectivity index (χ0) is 17.3. The second kappa shape index (κ2) is 8.68. The van der Waals surface area contributed by atoms with Gasteiger partial charge in [0, 0.05) is 18.9 Å². The Labute approximate surface area is 146 Å². The number of carbonyl (C=O) groups excluding carboxylic acids is 1.